The van der Waals surface area contributed by atoms with Crippen LogP contribution in [-0.2, 0) is 14.8 Å². The first-order chi connectivity index (χ1) is 17.5. The van der Waals surface area contributed by atoms with E-state index in [1.54, 1.807) is 26.8 Å². The molecule has 3 N–H and O–H groups in total. The van der Waals surface area contributed by atoms with Crippen LogP contribution in [0.4, 0.5) is 10.1 Å². The number of fused-ring (bicyclic) bond motifs is 1. The fourth-order valence-electron chi connectivity index (χ4n) is 4.31. The molecule has 0 unspecified atom stereocenters. The fraction of sp³-hybridized carbons (Fsp3) is 0.348. The molecule has 1 aliphatic heterocycles. The minimum atomic E-state index is -4.47. The molecule has 1 amide bonds. The van der Waals surface area contributed by atoms with Crippen LogP contribution >= 0.6 is 11.6 Å². The molecule has 0 radical (unpaired) electrons. The molecule has 198 valence electrons. The zero-order valence-electron chi connectivity index (χ0n) is 20.0. The number of hydrogen-bond donors (Lipinski definition) is 3. The summed E-state index contributed by atoms with van der Waals surface area (Å²) in [6.07, 6.45) is 0. The smallest absolute Gasteiger partial charge is 0.434 e. The van der Waals surface area contributed by atoms with Gasteiger partial charge in [-0.25, -0.2) is 22.7 Å². The number of H-pyrrole nitrogens is 1. The van der Waals surface area contributed by atoms with Crippen LogP contribution in [0.3, 0.4) is 0 Å². The standard InChI is InChI=1S/C23H24ClFN4O7S/c1-11-4-6-15(25)18(12(11)2)13(3)19(22-26-27-23(32)36-22)28-37(33,34)16-7-5-14(24)20-21(16)35-10-17(31)29(20)8-9-30/h4-7,13,19,28,30H,8-10H2,1-3H3,(H,27,32)/t13-,19+/m1/s1. The minimum absolute atomic E-state index is 0.00804. The summed E-state index contributed by atoms with van der Waals surface area (Å²) in [5.74, 6) is -3.37. The third-order valence-corrected chi connectivity index (χ3v) is 8.03. The van der Waals surface area contributed by atoms with Crippen molar-refractivity contribution in [3.05, 3.63) is 68.2 Å². The lowest BCUT2D eigenvalue weighted by Crippen LogP contribution is -2.41. The number of aromatic nitrogens is 2. The van der Waals surface area contributed by atoms with Crippen molar-refractivity contribution in [2.45, 2.75) is 37.6 Å². The van der Waals surface area contributed by atoms with Gasteiger partial charge in [0.15, 0.2) is 12.4 Å². The molecule has 3 aromatic rings. The summed E-state index contributed by atoms with van der Waals surface area (Å²) in [5, 5.41) is 15.3. The van der Waals surface area contributed by atoms with Gasteiger partial charge in [-0.1, -0.05) is 24.6 Å². The summed E-state index contributed by atoms with van der Waals surface area (Å²) in [6.45, 7) is 4.06. The second kappa shape index (κ2) is 10.2. The fourth-order valence-corrected chi connectivity index (χ4v) is 5.97. The Morgan fingerprint density at radius 2 is 2.00 bits per heavy atom. The second-order valence-electron chi connectivity index (χ2n) is 8.52. The summed E-state index contributed by atoms with van der Waals surface area (Å²) >= 11 is 6.27. The zero-order chi connectivity index (χ0) is 27.1. The van der Waals surface area contributed by atoms with Crippen molar-refractivity contribution in [3.63, 3.8) is 0 Å². The highest BCUT2D eigenvalue weighted by atomic mass is 35.5. The Balaban J connectivity index is 1.82. The van der Waals surface area contributed by atoms with Gasteiger partial charge < -0.3 is 19.2 Å². The van der Waals surface area contributed by atoms with Crippen molar-refractivity contribution < 1.29 is 31.9 Å². The van der Waals surface area contributed by atoms with Crippen LogP contribution in [-0.4, -0.2) is 49.4 Å². The van der Waals surface area contributed by atoms with Gasteiger partial charge in [0.25, 0.3) is 5.91 Å². The molecule has 2 heterocycles. The Morgan fingerprint density at radius 3 is 2.65 bits per heavy atom. The molecule has 4 rings (SSSR count). The van der Waals surface area contributed by atoms with Crippen LogP contribution in [0.1, 0.15) is 41.5 Å². The summed E-state index contributed by atoms with van der Waals surface area (Å²) in [4.78, 5) is 24.8. The highest BCUT2D eigenvalue weighted by Crippen LogP contribution is 2.44. The van der Waals surface area contributed by atoms with E-state index in [4.69, 9.17) is 20.8 Å². The number of aryl methyl sites for hydroxylation is 1. The summed E-state index contributed by atoms with van der Waals surface area (Å²) in [7, 11) is -4.47. The van der Waals surface area contributed by atoms with E-state index in [0.29, 0.717) is 5.56 Å². The van der Waals surface area contributed by atoms with E-state index in [2.05, 4.69) is 14.9 Å². The number of benzene rings is 2. The van der Waals surface area contributed by atoms with Crippen molar-refractivity contribution in [1.29, 1.82) is 0 Å². The molecule has 1 aromatic heterocycles. The summed E-state index contributed by atoms with van der Waals surface area (Å²) < 4.78 is 55.3. The number of amides is 1. The van der Waals surface area contributed by atoms with E-state index in [1.165, 1.54) is 18.2 Å². The molecule has 2 aromatic carbocycles. The topological polar surface area (TPSA) is 155 Å². The molecule has 0 aliphatic carbocycles. The molecule has 1 aliphatic rings. The average molecular weight is 555 g/mol. The first kappa shape index (κ1) is 26.8. The van der Waals surface area contributed by atoms with Crippen molar-refractivity contribution in [2.24, 2.45) is 0 Å². The normalized spacial score (nSPS) is 15.3. The van der Waals surface area contributed by atoms with Crippen LogP contribution in [0.15, 0.2) is 38.4 Å². The number of nitrogens with zero attached hydrogens (tertiary/aromatic N) is 2. The molecular formula is C23H24ClFN4O7S. The monoisotopic (exact) mass is 554 g/mol. The van der Waals surface area contributed by atoms with Crippen LogP contribution in [0.2, 0.25) is 5.02 Å². The van der Waals surface area contributed by atoms with Crippen molar-refractivity contribution in [1.82, 2.24) is 14.9 Å². The number of aliphatic hydroxyl groups excluding tert-OH is 1. The Labute approximate surface area is 216 Å². The van der Waals surface area contributed by atoms with Gasteiger partial charge in [0, 0.05) is 12.5 Å². The number of aromatic amines is 1. The first-order valence-electron chi connectivity index (χ1n) is 11.2. The Bertz CT molecular complexity index is 1520. The number of sulfonamides is 1. The number of ether oxygens (including phenoxy) is 1. The number of β-amino-alcohol motifs (C(OH)–C–C–N with tert-alkyl or cyclic N) is 1. The van der Waals surface area contributed by atoms with Crippen molar-refractivity contribution >= 4 is 33.2 Å². The number of nitrogens with one attached hydrogen (secondary N) is 2. The van der Waals surface area contributed by atoms with E-state index in [-0.39, 0.29) is 39.4 Å². The lowest BCUT2D eigenvalue weighted by molar-refractivity contribution is -0.121. The molecule has 37 heavy (non-hydrogen) atoms. The Morgan fingerprint density at radius 1 is 1.27 bits per heavy atom. The van der Waals surface area contributed by atoms with Gasteiger partial charge >= 0.3 is 5.76 Å². The van der Waals surface area contributed by atoms with E-state index in [0.717, 1.165) is 10.5 Å². The average Bonchev–Trinajstić information content (AvgIpc) is 3.28. The number of hydrogen-bond acceptors (Lipinski definition) is 8. The van der Waals surface area contributed by atoms with Crippen LogP contribution in [0.25, 0.3) is 0 Å². The van der Waals surface area contributed by atoms with Crippen LogP contribution in [0, 0.1) is 19.7 Å². The van der Waals surface area contributed by atoms with E-state index in [9.17, 15) is 27.5 Å². The molecule has 0 saturated carbocycles. The zero-order valence-corrected chi connectivity index (χ0v) is 21.6. The maximum Gasteiger partial charge on any atom is 0.434 e. The quantitative estimate of drug-likeness (QED) is 0.383. The van der Waals surface area contributed by atoms with Crippen molar-refractivity contribution in [3.8, 4) is 5.75 Å². The van der Waals surface area contributed by atoms with E-state index < -0.39 is 52.7 Å². The van der Waals surface area contributed by atoms with Crippen LogP contribution in [0.5, 0.6) is 5.75 Å². The number of halogens is 2. The Kier molecular flexibility index (Phi) is 7.42. The van der Waals surface area contributed by atoms with Gasteiger partial charge in [-0.05, 0) is 48.7 Å². The lowest BCUT2D eigenvalue weighted by Gasteiger charge is -2.31. The molecule has 0 bridgehead atoms. The number of anilines is 1. The molecule has 2 atom stereocenters. The summed E-state index contributed by atoms with van der Waals surface area (Å²) in [6, 6.07) is 4.03. The van der Waals surface area contributed by atoms with Gasteiger partial charge in [0.05, 0.1) is 11.6 Å². The highest BCUT2D eigenvalue weighted by molar-refractivity contribution is 7.89. The van der Waals surface area contributed by atoms with Crippen molar-refractivity contribution in [2.75, 3.05) is 24.7 Å². The van der Waals surface area contributed by atoms with Gasteiger partial charge in [-0.2, -0.15) is 4.72 Å². The number of rotatable bonds is 8. The molecular weight excluding hydrogens is 531 g/mol. The maximum atomic E-state index is 14.9. The third kappa shape index (κ3) is 4.99. The predicted octanol–water partition coefficient (Wildman–Crippen LogP) is 2.31. The largest absolute Gasteiger partial charge is 0.480 e. The molecule has 0 spiro atoms. The lowest BCUT2D eigenvalue weighted by atomic mass is 9.88. The molecule has 0 saturated heterocycles. The molecule has 14 heteroatoms. The second-order valence-corrected chi connectivity index (χ2v) is 10.6. The number of aliphatic hydroxyl groups is 1. The van der Waals surface area contributed by atoms with Gasteiger partial charge in [0.1, 0.15) is 22.4 Å². The van der Waals surface area contributed by atoms with E-state index >= 15 is 0 Å². The number of carbonyl (C=O) groups excluding carboxylic acids is 1. The third-order valence-electron chi connectivity index (χ3n) is 6.26. The van der Waals surface area contributed by atoms with Gasteiger partial charge in [-0.3, -0.25) is 4.79 Å². The van der Waals surface area contributed by atoms with E-state index in [1.807, 2.05) is 0 Å². The minimum Gasteiger partial charge on any atom is -0.480 e. The Hall–Kier alpha value is -3.26. The molecule has 0 fully saturated rings. The maximum absolute atomic E-state index is 14.9. The van der Waals surface area contributed by atoms with Gasteiger partial charge in [0.2, 0.25) is 15.9 Å². The molecule has 11 nitrogen and oxygen atoms in total. The highest BCUT2D eigenvalue weighted by Gasteiger charge is 2.37. The van der Waals surface area contributed by atoms with Gasteiger partial charge in [-0.15, -0.1) is 5.10 Å². The summed E-state index contributed by atoms with van der Waals surface area (Å²) in [5.41, 5.74) is 1.58. The van der Waals surface area contributed by atoms with Crippen LogP contribution < -0.4 is 20.1 Å². The SMILES string of the molecule is Cc1ccc(F)c([C@@H](C)[C@H](NS(=O)(=O)c2ccc(Cl)c3c2OCC(=O)N3CCO)c2n[nH]c(=O)o2)c1C. The number of carbonyl (C=O) groups is 1. The predicted molar refractivity (Wildman–Crippen MR) is 131 cm³/mol. The first-order valence-corrected chi connectivity index (χ1v) is 13.0.